The maximum absolute atomic E-state index is 12.7. The lowest BCUT2D eigenvalue weighted by molar-refractivity contribution is -0.141. The lowest BCUT2D eigenvalue weighted by Gasteiger charge is -2.21. The SMILES string of the molecule is COC1CC(C(=O)O)N(C(=O)c2ccc(NC(=O)c3ccccc3)cc2)C1. The number of ether oxygens (including phenoxy) is 1. The Labute approximate surface area is 156 Å². The molecule has 2 aromatic rings. The summed E-state index contributed by atoms with van der Waals surface area (Å²) < 4.78 is 5.21. The van der Waals surface area contributed by atoms with E-state index >= 15 is 0 Å². The second kappa shape index (κ2) is 8.01. The van der Waals surface area contributed by atoms with Gasteiger partial charge in [-0.05, 0) is 36.4 Å². The van der Waals surface area contributed by atoms with Gasteiger partial charge in [-0.25, -0.2) is 4.79 Å². The summed E-state index contributed by atoms with van der Waals surface area (Å²) in [6.45, 7) is 0.235. The standard InChI is InChI=1S/C20H20N2O5/c1-27-16-11-17(20(25)26)22(12-16)19(24)14-7-9-15(10-8-14)21-18(23)13-5-3-2-4-6-13/h2-10,16-17H,11-12H2,1H3,(H,21,23)(H,25,26). The molecule has 2 aromatic carbocycles. The van der Waals surface area contributed by atoms with Crippen molar-refractivity contribution in [2.24, 2.45) is 0 Å². The van der Waals surface area contributed by atoms with E-state index in [1.807, 2.05) is 6.07 Å². The van der Waals surface area contributed by atoms with Crippen molar-refractivity contribution >= 4 is 23.5 Å². The smallest absolute Gasteiger partial charge is 0.326 e. The number of hydrogen-bond donors (Lipinski definition) is 2. The van der Waals surface area contributed by atoms with Crippen molar-refractivity contribution in [3.63, 3.8) is 0 Å². The van der Waals surface area contributed by atoms with Crippen LogP contribution in [0.15, 0.2) is 54.6 Å². The summed E-state index contributed by atoms with van der Waals surface area (Å²) in [5.41, 5.74) is 1.44. The number of nitrogens with zero attached hydrogens (tertiary/aromatic N) is 1. The lowest BCUT2D eigenvalue weighted by atomic mass is 10.1. The van der Waals surface area contributed by atoms with E-state index in [9.17, 15) is 19.5 Å². The van der Waals surface area contributed by atoms with E-state index in [4.69, 9.17) is 4.74 Å². The van der Waals surface area contributed by atoms with Crippen LogP contribution in [0.5, 0.6) is 0 Å². The Morgan fingerprint density at radius 2 is 1.70 bits per heavy atom. The number of rotatable bonds is 5. The molecule has 0 radical (unpaired) electrons. The molecule has 0 bridgehead atoms. The maximum Gasteiger partial charge on any atom is 0.326 e. The molecule has 2 atom stereocenters. The first-order valence-corrected chi connectivity index (χ1v) is 8.52. The van der Waals surface area contributed by atoms with Gasteiger partial charge in [0.25, 0.3) is 11.8 Å². The number of carbonyl (C=O) groups excluding carboxylic acids is 2. The molecule has 1 aliphatic heterocycles. The average Bonchev–Trinajstić information content (AvgIpc) is 3.13. The van der Waals surface area contributed by atoms with Gasteiger partial charge in [0.15, 0.2) is 0 Å². The highest BCUT2D eigenvalue weighted by molar-refractivity contribution is 6.04. The summed E-state index contributed by atoms with van der Waals surface area (Å²) in [6, 6.07) is 14.3. The van der Waals surface area contributed by atoms with E-state index < -0.39 is 12.0 Å². The van der Waals surface area contributed by atoms with Crippen LogP contribution < -0.4 is 5.32 Å². The molecule has 7 heteroatoms. The van der Waals surface area contributed by atoms with Crippen LogP contribution in [0.3, 0.4) is 0 Å². The number of carboxylic acid groups (broad SMARTS) is 1. The fourth-order valence-corrected chi connectivity index (χ4v) is 3.08. The minimum absolute atomic E-state index is 0.235. The Hall–Kier alpha value is -3.19. The third kappa shape index (κ3) is 4.15. The fraction of sp³-hybridized carbons (Fsp3) is 0.250. The van der Waals surface area contributed by atoms with Gasteiger partial charge in [0, 0.05) is 36.9 Å². The van der Waals surface area contributed by atoms with E-state index in [1.54, 1.807) is 48.5 Å². The molecule has 1 heterocycles. The second-order valence-corrected chi connectivity index (χ2v) is 6.30. The average molecular weight is 368 g/mol. The molecule has 2 amide bonds. The zero-order chi connectivity index (χ0) is 19.4. The number of anilines is 1. The molecule has 3 rings (SSSR count). The quantitative estimate of drug-likeness (QED) is 0.844. The highest BCUT2D eigenvalue weighted by Gasteiger charge is 2.40. The number of likely N-dealkylation sites (tertiary alicyclic amines) is 1. The van der Waals surface area contributed by atoms with Crippen LogP contribution in [-0.4, -0.2) is 53.6 Å². The summed E-state index contributed by atoms with van der Waals surface area (Å²) >= 11 is 0. The number of hydrogen-bond acceptors (Lipinski definition) is 4. The first-order chi connectivity index (χ1) is 13.0. The summed E-state index contributed by atoms with van der Waals surface area (Å²) in [6.07, 6.45) is -0.0255. The van der Waals surface area contributed by atoms with E-state index in [1.165, 1.54) is 12.0 Å². The van der Waals surface area contributed by atoms with Crippen LogP contribution in [0, 0.1) is 0 Å². The Morgan fingerprint density at radius 1 is 1.04 bits per heavy atom. The molecule has 0 saturated carbocycles. The number of nitrogens with one attached hydrogen (secondary N) is 1. The molecule has 2 unspecified atom stereocenters. The van der Waals surface area contributed by atoms with Crippen molar-refractivity contribution in [2.75, 3.05) is 19.0 Å². The molecule has 140 valence electrons. The van der Waals surface area contributed by atoms with E-state index in [0.717, 1.165) is 0 Å². The molecule has 0 aromatic heterocycles. The van der Waals surface area contributed by atoms with Crippen molar-refractivity contribution in [1.29, 1.82) is 0 Å². The number of carboxylic acids is 1. The highest BCUT2D eigenvalue weighted by atomic mass is 16.5. The fourth-order valence-electron chi connectivity index (χ4n) is 3.08. The number of aliphatic carboxylic acids is 1. The minimum atomic E-state index is -1.05. The van der Waals surface area contributed by atoms with Gasteiger partial charge in [0.2, 0.25) is 0 Å². The molecule has 0 spiro atoms. The zero-order valence-corrected chi connectivity index (χ0v) is 14.8. The Bertz CT molecular complexity index is 835. The van der Waals surface area contributed by atoms with Crippen molar-refractivity contribution in [3.05, 3.63) is 65.7 Å². The summed E-state index contributed by atoms with van der Waals surface area (Å²) in [5, 5.41) is 12.1. The number of amides is 2. The van der Waals surface area contributed by atoms with Crippen LogP contribution in [0.1, 0.15) is 27.1 Å². The van der Waals surface area contributed by atoms with Gasteiger partial charge in [-0.2, -0.15) is 0 Å². The van der Waals surface area contributed by atoms with Crippen molar-refractivity contribution in [3.8, 4) is 0 Å². The van der Waals surface area contributed by atoms with Crippen LogP contribution >= 0.6 is 0 Å². The zero-order valence-electron chi connectivity index (χ0n) is 14.8. The Kier molecular flexibility index (Phi) is 5.52. The van der Waals surface area contributed by atoms with Gasteiger partial charge in [0.05, 0.1) is 6.10 Å². The number of methoxy groups -OCH3 is 1. The molecule has 2 N–H and O–H groups in total. The monoisotopic (exact) mass is 368 g/mol. The molecular formula is C20H20N2O5. The third-order valence-corrected chi connectivity index (χ3v) is 4.57. The van der Waals surface area contributed by atoms with Gasteiger partial charge >= 0.3 is 5.97 Å². The van der Waals surface area contributed by atoms with Gasteiger partial charge in [-0.15, -0.1) is 0 Å². The van der Waals surface area contributed by atoms with Gasteiger partial charge < -0.3 is 20.1 Å². The number of carbonyl (C=O) groups is 3. The van der Waals surface area contributed by atoms with E-state index in [-0.39, 0.29) is 30.9 Å². The minimum Gasteiger partial charge on any atom is -0.480 e. The molecule has 1 saturated heterocycles. The van der Waals surface area contributed by atoms with Crippen LogP contribution in [0.25, 0.3) is 0 Å². The molecule has 27 heavy (non-hydrogen) atoms. The predicted molar refractivity (Wildman–Crippen MR) is 98.7 cm³/mol. The second-order valence-electron chi connectivity index (χ2n) is 6.30. The normalized spacial score (nSPS) is 18.9. The topological polar surface area (TPSA) is 95.9 Å². The molecule has 7 nitrogen and oxygen atoms in total. The largest absolute Gasteiger partial charge is 0.480 e. The lowest BCUT2D eigenvalue weighted by Crippen LogP contribution is -2.40. The summed E-state index contributed by atoms with van der Waals surface area (Å²) in [7, 11) is 1.50. The van der Waals surface area contributed by atoms with Gasteiger partial charge in [-0.1, -0.05) is 18.2 Å². The summed E-state index contributed by atoms with van der Waals surface area (Å²) in [4.78, 5) is 37.6. The van der Waals surface area contributed by atoms with Gasteiger partial charge in [0.1, 0.15) is 6.04 Å². The molecule has 0 aliphatic carbocycles. The maximum atomic E-state index is 12.7. The first kappa shape index (κ1) is 18.6. The Morgan fingerprint density at radius 3 is 2.30 bits per heavy atom. The first-order valence-electron chi connectivity index (χ1n) is 8.52. The van der Waals surface area contributed by atoms with E-state index in [2.05, 4.69) is 5.32 Å². The van der Waals surface area contributed by atoms with Crippen molar-refractivity contribution in [2.45, 2.75) is 18.6 Å². The van der Waals surface area contributed by atoms with Crippen LogP contribution in [0.2, 0.25) is 0 Å². The van der Waals surface area contributed by atoms with Gasteiger partial charge in [-0.3, -0.25) is 9.59 Å². The summed E-state index contributed by atoms with van der Waals surface area (Å²) in [5.74, 6) is -1.67. The molecule has 1 fully saturated rings. The molecule has 1 aliphatic rings. The third-order valence-electron chi connectivity index (χ3n) is 4.57. The van der Waals surface area contributed by atoms with Crippen LogP contribution in [0.4, 0.5) is 5.69 Å². The van der Waals surface area contributed by atoms with Crippen molar-refractivity contribution < 1.29 is 24.2 Å². The predicted octanol–water partition coefficient (Wildman–Crippen LogP) is 2.25. The molecular weight excluding hydrogens is 348 g/mol. The number of benzene rings is 2. The Balaban J connectivity index is 1.70. The highest BCUT2D eigenvalue weighted by Crippen LogP contribution is 2.23. The van der Waals surface area contributed by atoms with E-state index in [0.29, 0.717) is 16.8 Å². The van der Waals surface area contributed by atoms with Crippen molar-refractivity contribution in [1.82, 2.24) is 4.90 Å². The van der Waals surface area contributed by atoms with Crippen LogP contribution in [-0.2, 0) is 9.53 Å².